The molecule has 0 radical (unpaired) electrons. The number of likely N-dealkylation sites (tertiary alicyclic amines) is 1. The van der Waals surface area contributed by atoms with E-state index in [1.165, 1.54) is 0 Å². The van der Waals surface area contributed by atoms with Crippen LogP contribution in [0.3, 0.4) is 0 Å². The molecule has 0 unspecified atom stereocenters. The maximum atomic E-state index is 12.2. The highest BCUT2D eigenvalue weighted by atomic mass is 16.5. The van der Waals surface area contributed by atoms with E-state index < -0.39 is 0 Å². The number of ether oxygens (including phenoxy) is 1. The van der Waals surface area contributed by atoms with Crippen molar-refractivity contribution in [1.29, 1.82) is 0 Å². The van der Waals surface area contributed by atoms with Gasteiger partial charge < -0.3 is 15.0 Å². The molecule has 2 heterocycles. The summed E-state index contributed by atoms with van der Waals surface area (Å²) < 4.78 is 7.40. The van der Waals surface area contributed by atoms with E-state index in [-0.39, 0.29) is 6.03 Å². The molecule has 1 aliphatic rings. The zero-order valence-electron chi connectivity index (χ0n) is 13.8. The third-order valence-electron chi connectivity index (χ3n) is 3.97. The number of urea groups is 1. The van der Waals surface area contributed by atoms with E-state index in [4.69, 9.17) is 4.74 Å². The number of hydrogen-bond acceptors (Lipinski definition) is 3. The molecule has 22 heavy (non-hydrogen) atoms. The minimum atomic E-state index is 0.0536. The van der Waals surface area contributed by atoms with Crippen molar-refractivity contribution in [1.82, 2.24) is 20.0 Å². The first-order valence-electron chi connectivity index (χ1n) is 8.28. The number of hydrogen-bond donors (Lipinski definition) is 1. The molecule has 1 aromatic rings. The van der Waals surface area contributed by atoms with Crippen molar-refractivity contribution in [2.24, 2.45) is 5.92 Å². The van der Waals surface area contributed by atoms with Gasteiger partial charge in [0, 0.05) is 44.9 Å². The van der Waals surface area contributed by atoms with Crippen LogP contribution in [-0.2, 0) is 11.3 Å². The molecule has 1 N–H and O–H groups in total. The van der Waals surface area contributed by atoms with Crippen LogP contribution in [0.2, 0.25) is 0 Å². The first-order chi connectivity index (χ1) is 10.7. The molecule has 1 aliphatic heterocycles. The Morgan fingerprint density at radius 3 is 3.14 bits per heavy atom. The first kappa shape index (κ1) is 16.8. The van der Waals surface area contributed by atoms with Gasteiger partial charge in [0.25, 0.3) is 0 Å². The number of nitrogens with one attached hydrogen (secondary N) is 1. The summed E-state index contributed by atoms with van der Waals surface area (Å²) in [4.78, 5) is 14.1. The van der Waals surface area contributed by atoms with Crippen molar-refractivity contribution in [3.63, 3.8) is 0 Å². The summed E-state index contributed by atoms with van der Waals surface area (Å²) in [5.41, 5.74) is 1.16. The highest BCUT2D eigenvalue weighted by Gasteiger charge is 2.23. The van der Waals surface area contributed by atoms with E-state index in [1.54, 1.807) is 0 Å². The molecular formula is C16H28N4O2. The van der Waals surface area contributed by atoms with Crippen LogP contribution in [0.25, 0.3) is 0 Å². The quantitative estimate of drug-likeness (QED) is 0.784. The lowest BCUT2D eigenvalue weighted by Gasteiger charge is -2.32. The summed E-state index contributed by atoms with van der Waals surface area (Å²) in [6.45, 7) is 8.73. The van der Waals surface area contributed by atoms with Gasteiger partial charge in [0.05, 0.1) is 12.8 Å². The normalized spacial score (nSPS) is 18.5. The van der Waals surface area contributed by atoms with Gasteiger partial charge >= 0.3 is 6.03 Å². The summed E-state index contributed by atoms with van der Waals surface area (Å²) in [7, 11) is 0. The molecule has 6 nitrogen and oxygen atoms in total. The second-order valence-electron chi connectivity index (χ2n) is 5.98. The van der Waals surface area contributed by atoms with E-state index in [0.29, 0.717) is 12.5 Å². The Morgan fingerprint density at radius 2 is 2.41 bits per heavy atom. The van der Waals surface area contributed by atoms with Crippen LogP contribution in [0.15, 0.2) is 12.4 Å². The van der Waals surface area contributed by atoms with E-state index in [2.05, 4.69) is 10.4 Å². The summed E-state index contributed by atoms with van der Waals surface area (Å²) in [5, 5.41) is 7.25. The third kappa shape index (κ3) is 5.33. The Kier molecular flexibility index (Phi) is 6.71. The lowest BCUT2D eigenvalue weighted by atomic mass is 9.99. The molecule has 2 amide bonds. The number of amides is 2. The van der Waals surface area contributed by atoms with Gasteiger partial charge in [-0.2, -0.15) is 5.10 Å². The molecule has 1 saturated heterocycles. The summed E-state index contributed by atoms with van der Waals surface area (Å²) >= 11 is 0. The number of carbonyl (C=O) groups is 1. The Morgan fingerprint density at radius 1 is 1.55 bits per heavy atom. The van der Waals surface area contributed by atoms with Crippen molar-refractivity contribution >= 4 is 6.03 Å². The SMILES string of the molecule is CCOC[C@H]1CCCN(C(=O)NCCCn2cc(C)cn2)C1. The molecule has 124 valence electrons. The van der Waals surface area contributed by atoms with Gasteiger partial charge in [0.1, 0.15) is 0 Å². The molecule has 2 rings (SSSR count). The minimum Gasteiger partial charge on any atom is -0.381 e. The van der Waals surface area contributed by atoms with E-state index in [0.717, 1.165) is 57.7 Å². The van der Waals surface area contributed by atoms with Gasteiger partial charge in [-0.1, -0.05) is 0 Å². The lowest BCUT2D eigenvalue weighted by molar-refractivity contribution is 0.0756. The van der Waals surface area contributed by atoms with E-state index in [1.807, 2.05) is 35.8 Å². The van der Waals surface area contributed by atoms with Gasteiger partial charge in [0.15, 0.2) is 0 Å². The summed E-state index contributed by atoms with van der Waals surface area (Å²) in [5.74, 6) is 0.478. The number of nitrogens with zero attached hydrogens (tertiary/aromatic N) is 3. The Bertz CT molecular complexity index is 461. The second-order valence-corrected chi connectivity index (χ2v) is 5.98. The van der Waals surface area contributed by atoms with Gasteiger partial charge in [0.2, 0.25) is 0 Å². The van der Waals surface area contributed by atoms with Crippen LogP contribution in [0.4, 0.5) is 4.79 Å². The van der Waals surface area contributed by atoms with Crippen molar-refractivity contribution in [3.05, 3.63) is 18.0 Å². The first-order valence-corrected chi connectivity index (χ1v) is 8.28. The molecule has 1 fully saturated rings. The molecule has 0 aliphatic carbocycles. The van der Waals surface area contributed by atoms with Gasteiger partial charge in [-0.3, -0.25) is 4.68 Å². The van der Waals surface area contributed by atoms with Crippen LogP contribution in [0.5, 0.6) is 0 Å². The van der Waals surface area contributed by atoms with Gasteiger partial charge in [-0.15, -0.1) is 0 Å². The maximum Gasteiger partial charge on any atom is 0.317 e. The average molecular weight is 308 g/mol. The molecule has 0 aromatic carbocycles. The highest BCUT2D eigenvalue weighted by Crippen LogP contribution is 2.16. The van der Waals surface area contributed by atoms with Crippen LogP contribution >= 0.6 is 0 Å². The molecule has 0 saturated carbocycles. The maximum absolute atomic E-state index is 12.2. The topological polar surface area (TPSA) is 59.4 Å². The standard InChI is InChI=1S/C16H28N4O2/c1-3-22-13-15-6-4-8-19(12-15)16(21)17-7-5-9-20-11-14(2)10-18-20/h10-11,15H,3-9,12-13H2,1-2H3,(H,17,21)/t15-/m0/s1. The fraction of sp³-hybridized carbons (Fsp3) is 0.750. The smallest absolute Gasteiger partial charge is 0.317 e. The van der Waals surface area contributed by atoms with Crippen LogP contribution in [0, 0.1) is 12.8 Å². The van der Waals surface area contributed by atoms with Crippen molar-refractivity contribution < 1.29 is 9.53 Å². The van der Waals surface area contributed by atoms with Crippen LogP contribution in [0.1, 0.15) is 31.7 Å². The monoisotopic (exact) mass is 308 g/mol. The second kappa shape index (κ2) is 8.78. The van der Waals surface area contributed by atoms with Gasteiger partial charge in [-0.25, -0.2) is 4.79 Å². The number of carbonyl (C=O) groups excluding carboxylic acids is 1. The van der Waals surface area contributed by atoms with Gasteiger partial charge in [-0.05, 0) is 38.7 Å². The number of piperidine rings is 1. The Balaban J connectivity index is 1.63. The van der Waals surface area contributed by atoms with Crippen molar-refractivity contribution in [2.75, 3.05) is 32.8 Å². The number of rotatable bonds is 7. The highest BCUT2D eigenvalue weighted by molar-refractivity contribution is 5.74. The van der Waals surface area contributed by atoms with E-state index >= 15 is 0 Å². The molecule has 1 atom stereocenters. The largest absolute Gasteiger partial charge is 0.381 e. The van der Waals surface area contributed by atoms with E-state index in [9.17, 15) is 4.79 Å². The average Bonchev–Trinajstić information content (AvgIpc) is 2.95. The molecular weight excluding hydrogens is 280 g/mol. The fourth-order valence-electron chi connectivity index (χ4n) is 2.81. The van der Waals surface area contributed by atoms with Crippen molar-refractivity contribution in [3.8, 4) is 0 Å². The predicted molar refractivity (Wildman–Crippen MR) is 85.8 cm³/mol. The lowest BCUT2D eigenvalue weighted by Crippen LogP contribution is -2.46. The molecule has 1 aromatic heterocycles. The number of aromatic nitrogens is 2. The minimum absolute atomic E-state index is 0.0536. The fourth-order valence-corrected chi connectivity index (χ4v) is 2.81. The van der Waals surface area contributed by atoms with Crippen LogP contribution < -0.4 is 5.32 Å². The Labute approximate surface area is 132 Å². The summed E-state index contributed by atoms with van der Waals surface area (Å²) in [6.07, 6.45) is 6.98. The number of aryl methyl sites for hydroxylation is 2. The zero-order chi connectivity index (χ0) is 15.8. The third-order valence-corrected chi connectivity index (χ3v) is 3.97. The molecule has 0 spiro atoms. The predicted octanol–water partition coefficient (Wildman–Crippen LogP) is 2.04. The Hall–Kier alpha value is -1.56. The molecule has 0 bridgehead atoms. The summed E-state index contributed by atoms with van der Waals surface area (Å²) in [6, 6.07) is 0.0536. The zero-order valence-corrected chi connectivity index (χ0v) is 13.8. The van der Waals surface area contributed by atoms with Crippen LogP contribution in [-0.4, -0.2) is 53.6 Å². The molecule has 6 heteroatoms. The van der Waals surface area contributed by atoms with Crippen molar-refractivity contribution in [2.45, 2.75) is 39.7 Å².